The topological polar surface area (TPSA) is 133 Å². The maximum Gasteiger partial charge on any atom is 0.231 e. The second-order valence-corrected chi connectivity index (χ2v) is 8.70. The van der Waals surface area contributed by atoms with Gasteiger partial charge in [0.15, 0.2) is 22.9 Å². The van der Waals surface area contributed by atoms with Crippen molar-refractivity contribution in [2.75, 3.05) is 41.0 Å². The van der Waals surface area contributed by atoms with Crippen molar-refractivity contribution in [1.82, 2.24) is 19.9 Å². The van der Waals surface area contributed by atoms with Crippen molar-refractivity contribution in [1.29, 1.82) is 0 Å². The average Bonchev–Trinajstić information content (AvgIpc) is 3.26. The summed E-state index contributed by atoms with van der Waals surface area (Å²) in [5, 5.41) is 0. The lowest BCUT2D eigenvalue weighted by Gasteiger charge is -2.37. The van der Waals surface area contributed by atoms with Gasteiger partial charge in [0.1, 0.15) is 5.52 Å². The number of benzene rings is 1. The third-order valence-corrected chi connectivity index (χ3v) is 6.47. The van der Waals surface area contributed by atoms with Gasteiger partial charge < -0.3 is 24.9 Å². The molecule has 0 bridgehead atoms. The highest BCUT2D eigenvalue weighted by atomic mass is 16.5. The fourth-order valence-electron chi connectivity index (χ4n) is 4.41. The summed E-state index contributed by atoms with van der Waals surface area (Å²) in [6.45, 7) is 3.44. The van der Waals surface area contributed by atoms with E-state index >= 15 is 0 Å². The lowest BCUT2D eigenvalue weighted by molar-refractivity contribution is -0.119. The molecule has 10 heteroatoms. The first-order valence-electron chi connectivity index (χ1n) is 11.0. The van der Waals surface area contributed by atoms with Crippen LogP contribution in [0.1, 0.15) is 30.1 Å². The van der Waals surface area contributed by atoms with Gasteiger partial charge in [-0.05, 0) is 38.1 Å². The summed E-state index contributed by atoms with van der Waals surface area (Å²) >= 11 is 0. The molecule has 2 aromatic heterocycles. The number of aromatic amines is 1. The molecule has 4 rings (SSSR count). The van der Waals surface area contributed by atoms with E-state index in [1.165, 1.54) is 0 Å². The number of aromatic nitrogens is 3. The van der Waals surface area contributed by atoms with E-state index in [2.05, 4.69) is 9.97 Å². The Morgan fingerprint density at radius 1 is 1.12 bits per heavy atom. The molecule has 3 heterocycles. The van der Waals surface area contributed by atoms with Crippen LogP contribution >= 0.6 is 0 Å². The van der Waals surface area contributed by atoms with E-state index in [0.717, 1.165) is 5.56 Å². The Labute approximate surface area is 197 Å². The van der Waals surface area contributed by atoms with Crippen molar-refractivity contribution in [2.24, 2.45) is 11.1 Å². The lowest BCUT2D eigenvalue weighted by Crippen LogP contribution is -2.45. The molecular formula is C24H29N5O5. The van der Waals surface area contributed by atoms with Crippen LogP contribution in [0.4, 0.5) is 0 Å². The van der Waals surface area contributed by atoms with Crippen molar-refractivity contribution in [3.63, 3.8) is 0 Å². The molecule has 0 radical (unpaired) electrons. The highest BCUT2D eigenvalue weighted by molar-refractivity contribution is 6.08. The molecule has 34 heavy (non-hydrogen) atoms. The Balaban J connectivity index is 1.68. The third-order valence-electron chi connectivity index (χ3n) is 6.47. The second-order valence-electron chi connectivity index (χ2n) is 8.70. The van der Waals surface area contributed by atoms with Gasteiger partial charge in [-0.2, -0.15) is 0 Å². The molecule has 3 aromatic rings. The number of ketones is 1. The number of amides is 1. The van der Waals surface area contributed by atoms with Crippen LogP contribution in [0.5, 0.6) is 17.2 Å². The van der Waals surface area contributed by atoms with Gasteiger partial charge in [-0.25, -0.2) is 9.97 Å². The SMILES string of the molecule is COc1cc(-c2cnc3[nH]cc(C(=O)C4(C)CCN(CC(N)=O)CC4)c3n2)cc(OC)c1OC. The smallest absolute Gasteiger partial charge is 0.231 e. The average molecular weight is 468 g/mol. The number of nitrogens with zero attached hydrogens (tertiary/aromatic N) is 3. The maximum absolute atomic E-state index is 13.6. The summed E-state index contributed by atoms with van der Waals surface area (Å²) in [4.78, 5) is 39.1. The fraction of sp³-hybridized carbons (Fsp3) is 0.417. The van der Waals surface area contributed by atoms with E-state index in [0.29, 0.717) is 65.6 Å². The normalized spacial score (nSPS) is 15.8. The van der Waals surface area contributed by atoms with E-state index in [1.807, 2.05) is 11.8 Å². The Kier molecular flexibility index (Phi) is 6.43. The minimum Gasteiger partial charge on any atom is -0.493 e. The monoisotopic (exact) mass is 467 g/mol. The van der Waals surface area contributed by atoms with Crippen LogP contribution in [0.25, 0.3) is 22.4 Å². The fourth-order valence-corrected chi connectivity index (χ4v) is 4.41. The molecule has 1 aliphatic heterocycles. The number of carbonyl (C=O) groups is 2. The van der Waals surface area contributed by atoms with Crippen molar-refractivity contribution in [3.8, 4) is 28.5 Å². The van der Waals surface area contributed by atoms with Gasteiger partial charge in [0.05, 0.1) is 45.3 Å². The van der Waals surface area contributed by atoms with Crippen LogP contribution in [-0.2, 0) is 4.79 Å². The third kappa shape index (κ3) is 4.28. The zero-order chi connectivity index (χ0) is 24.5. The summed E-state index contributed by atoms with van der Waals surface area (Å²) in [7, 11) is 4.64. The van der Waals surface area contributed by atoms with Gasteiger partial charge in [0, 0.05) is 17.2 Å². The van der Waals surface area contributed by atoms with Crippen molar-refractivity contribution in [3.05, 3.63) is 30.1 Å². The number of hydrogen-bond acceptors (Lipinski definition) is 8. The number of carbonyl (C=O) groups excluding carboxylic acids is 2. The van der Waals surface area contributed by atoms with E-state index in [9.17, 15) is 9.59 Å². The molecule has 1 aliphatic rings. The zero-order valence-corrected chi connectivity index (χ0v) is 19.8. The molecule has 0 spiro atoms. The first-order valence-corrected chi connectivity index (χ1v) is 11.0. The van der Waals surface area contributed by atoms with E-state index < -0.39 is 5.41 Å². The van der Waals surface area contributed by atoms with Gasteiger partial charge in [-0.15, -0.1) is 0 Å². The summed E-state index contributed by atoms with van der Waals surface area (Å²) in [6, 6.07) is 3.59. The number of piperidine rings is 1. The number of ether oxygens (including phenoxy) is 3. The van der Waals surface area contributed by atoms with Crippen LogP contribution in [0.15, 0.2) is 24.5 Å². The number of fused-ring (bicyclic) bond motifs is 1. The number of Topliss-reactive ketones (excluding diaryl/α,β-unsaturated/α-hetero) is 1. The summed E-state index contributed by atoms with van der Waals surface area (Å²) < 4.78 is 16.3. The molecule has 1 saturated heterocycles. The van der Waals surface area contributed by atoms with Crippen LogP contribution in [0.3, 0.4) is 0 Å². The number of nitrogens with one attached hydrogen (secondary N) is 1. The molecule has 0 atom stereocenters. The molecule has 10 nitrogen and oxygen atoms in total. The van der Waals surface area contributed by atoms with E-state index in [1.54, 1.807) is 45.9 Å². The quantitative estimate of drug-likeness (QED) is 0.483. The van der Waals surface area contributed by atoms with Gasteiger partial charge in [0.2, 0.25) is 11.7 Å². The largest absolute Gasteiger partial charge is 0.493 e. The Bertz CT molecular complexity index is 1200. The van der Waals surface area contributed by atoms with Crippen LogP contribution in [-0.4, -0.2) is 72.5 Å². The molecule has 180 valence electrons. The molecule has 1 fully saturated rings. The highest BCUT2D eigenvalue weighted by Crippen LogP contribution is 2.41. The molecule has 0 aliphatic carbocycles. The standard InChI is InChI=1S/C24H29N5O5/c1-24(5-7-29(8-6-24)13-19(25)30)22(31)15-11-26-23-20(15)28-16(12-27-23)14-9-17(32-2)21(34-4)18(10-14)33-3/h9-12H,5-8,13H2,1-4H3,(H2,25,30)(H,26,27). The van der Waals surface area contributed by atoms with Crippen molar-refractivity contribution >= 4 is 22.9 Å². The van der Waals surface area contributed by atoms with E-state index in [-0.39, 0.29) is 18.2 Å². The number of likely N-dealkylation sites (tertiary alicyclic amines) is 1. The van der Waals surface area contributed by atoms with Gasteiger partial charge >= 0.3 is 0 Å². The summed E-state index contributed by atoms with van der Waals surface area (Å²) in [5.74, 6) is 1.13. The van der Waals surface area contributed by atoms with Gasteiger partial charge in [-0.1, -0.05) is 6.92 Å². The Morgan fingerprint density at radius 3 is 2.32 bits per heavy atom. The lowest BCUT2D eigenvalue weighted by atomic mass is 9.74. The second kappa shape index (κ2) is 9.30. The first-order chi connectivity index (χ1) is 16.3. The first kappa shape index (κ1) is 23.5. The number of primary amides is 1. The predicted molar refractivity (Wildman–Crippen MR) is 126 cm³/mol. The molecule has 0 unspecified atom stereocenters. The maximum atomic E-state index is 13.6. The number of rotatable bonds is 8. The minimum atomic E-state index is -0.562. The molecular weight excluding hydrogens is 438 g/mol. The Hall–Kier alpha value is -3.66. The van der Waals surface area contributed by atoms with Crippen molar-refractivity contribution < 1.29 is 23.8 Å². The minimum absolute atomic E-state index is 0.00816. The molecule has 1 amide bonds. The van der Waals surface area contributed by atoms with Gasteiger partial charge in [-0.3, -0.25) is 14.5 Å². The molecule has 0 saturated carbocycles. The Morgan fingerprint density at radius 2 is 1.76 bits per heavy atom. The number of hydrogen-bond donors (Lipinski definition) is 2. The molecule has 3 N–H and O–H groups in total. The summed E-state index contributed by atoms with van der Waals surface area (Å²) in [6.07, 6.45) is 4.57. The number of nitrogens with two attached hydrogens (primary N) is 1. The summed E-state index contributed by atoms with van der Waals surface area (Å²) in [5.41, 5.74) is 7.59. The van der Waals surface area contributed by atoms with Crippen LogP contribution < -0.4 is 19.9 Å². The van der Waals surface area contributed by atoms with Crippen molar-refractivity contribution in [2.45, 2.75) is 19.8 Å². The van der Waals surface area contributed by atoms with Crippen LogP contribution in [0.2, 0.25) is 0 Å². The van der Waals surface area contributed by atoms with E-state index in [4.69, 9.17) is 24.9 Å². The number of methoxy groups -OCH3 is 3. The highest BCUT2D eigenvalue weighted by Gasteiger charge is 2.38. The zero-order valence-electron chi connectivity index (χ0n) is 19.8. The predicted octanol–water partition coefficient (Wildman–Crippen LogP) is 2.42. The van der Waals surface area contributed by atoms with Crippen LogP contribution in [0, 0.1) is 5.41 Å². The van der Waals surface area contributed by atoms with Gasteiger partial charge in [0.25, 0.3) is 0 Å². The number of H-pyrrole nitrogens is 1. The molecule has 1 aromatic carbocycles.